The van der Waals surface area contributed by atoms with Crippen LogP contribution in [-0.4, -0.2) is 10.8 Å². The van der Waals surface area contributed by atoms with Crippen LogP contribution in [0.25, 0.3) is 45.4 Å². The topological polar surface area (TPSA) is 30.0 Å². The zero-order valence-corrected chi connectivity index (χ0v) is 16.5. The molecule has 3 aromatic carbocycles. The van der Waals surface area contributed by atoms with E-state index in [-0.39, 0.29) is 25.9 Å². The van der Waals surface area contributed by atoms with Crippen LogP contribution in [-0.2, 0) is 20.1 Å². The van der Waals surface area contributed by atoms with Crippen molar-refractivity contribution in [2.75, 3.05) is 0 Å². The first kappa shape index (κ1) is 16.3. The summed E-state index contributed by atoms with van der Waals surface area (Å²) in [7, 11) is 0. The van der Waals surface area contributed by atoms with Gasteiger partial charge in [0.2, 0.25) is 0 Å². The number of nitrogens with zero attached hydrogens (tertiary/aromatic N) is 1. The van der Waals surface area contributed by atoms with Crippen molar-refractivity contribution in [1.29, 1.82) is 0 Å². The van der Waals surface area contributed by atoms with Gasteiger partial charge >= 0.3 is 0 Å². The monoisotopic (exact) mass is 523 g/mol. The molecule has 0 spiro atoms. The number of fused-ring (bicyclic) bond motifs is 3. The summed E-state index contributed by atoms with van der Waals surface area (Å²) in [6.45, 7) is 0. The van der Waals surface area contributed by atoms with E-state index in [9.17, 15) is 4.79 Å². The minimum absolute atomic E-state index is 0. The average Bonchev–Trinajstić information content (AvgIpc) is 3.23. The Kier molecular flexibility index (Phi) is 3.51. The first-order valence-electron chi connectivity index (χ1n) is 8.62. The first-order valence-corrected chi connectivity index (χ1v) is 8.62. The summed E-state index contributed by atoms with van der Waals surface area (Å²) in [6.07, 6.45) is 4.26. The van der Waals surface area contributed by atoms with E-state index in [1.54, 1.807) is 0 Å². The van der Waals surface area contributed by atoms with Gasteiger partial charge in [0.25, 0.3) is 0 Å². The molecule has 2 nitrogen and oxygen atoms in total. The normalized spacial score (nSPS) is 12.8. The van der Waals surface area contributed by atoms with Gasteiger partial charge in [-0.25, -0.2) is 0 Å². The quantitative estimate of drug-likeness (QED) is 0.271. The second-order valence-electron chi connectivity index (χ2n) is 6.69. The number of rotatable bonds is 1. The molecule has 0 fully saturated rings. The maximum atomic E-state index is 12.8. The van der Waals surface area contributed by atoms with E-state index in [4.69, 9.17) is 4.98 Å². The zero-order valence-electron chi connectivity index (χ0n) is 14.1. The molecule has 4 aromatic rings. The Balaban J connectivity index is 0.00000160. The van der Waals surface area contributed by atoms with Crippen LogP contribution in [0.5, 0.6) is 0 Å². The van der Waals surface area contributed by atoms with Gasteiger partial charge in [-0.1, -0.05) is 65.7 Å². The summed E-state index contributed by atoms with van der Waals surface area (Å²) in [4.78, 5) is 17.7. The van der Waals surface area contributed by atoms with Crippen molar-refractivity contribution < 1.29 is 24.9 Å². The fourth-order valence-corrected chi connectivity index (χ4v) is 4.14. The van der Waals surface area contributed by atoms with Crippen LogP contribution in [0.4, 0.5) is 0 Å². The van der Waals surface area contributed by atoms with Gasteiger partial charge in [-0.2, -0.15) is 0 Å². The number of benzene rings is 3. The molecule has 0 saturated heterocycles. The largest absolute Gasteiger partial charge is 0.296 e. The standard InChI is InChI=1S/C24H12NO.Ir/c26-24-17-7-2-1-6-16(17)23-18(8-4-9-19(23)24)21-13-15-12-11-14-5-3-10-20(25-21)22(14)15;/h1-7,9-13H;/q-1;. The van der Waals surface area contributed by atoms with E-state index in [2.05, 4.69) is 30.4 Å². The van der Waals surface area contributed by atoms with Gasteiger partial charge in [-0.3, -0.25) is 9.78 Å². The van der Waals surface area contributed by atoms with Gasteiger partial charge in [0.05, 0.1) is 5.52 Å². The summed E-state index contributed by atoms with van der Waals surface area (Å²) >= 11 is 0. The predicted molar refractivity (Wildman–Crippen MR) is 104 cm³/mol. The molecular formula is C24H12IrNO-. The van der Waals surface area contributed by atoms with E-state index >= 15 is 0 Å². The predicted octanol–water partition coefficient (Wildman–Crippen LogP) is 5.39. The van der Waals surface area contributed by atoms with Crippen molar-refractivity contribution in [2.24, 2.45) is 0 Å². The van der Waals surface area contributed by atoms with Gasteiger partial charge in [0.1, 0.15) is 0 Å². The van der Waals surface area contributed by atoms with Crippen molar-refractivity contribution in [3.8, 4) is 22.4 Å². The second-order valence-corrected chi connectivity index (χ2v) is 6.69. The molecule has 27 heavy (non-hydrogen) atoms. The fourth-order valence-electron chi connectivity index (χ4n) is 4.14. The molecule has 0 aliphatic heterocycles. The van der Waals surface area contributed by atoms with Gasteiger partial charge in [0, 0.05) is 31.1 Å². The van der Waals surface area contributed by atoms with Crippen molar-refractivity contribution >= 4 is 28.8 Å². The number of hydrogen-bond acceptors (Lipinski definition) is 2. The van der Waals surface area contributed by atoms with Crippen LogP contribution in [0.3, 0.4) is 0 Å². The molecule has 129 valence electrons. The summed E-state index contributed by atoms with van der Waals surface area (Å²) in [5, 5.41) is 1.19. The third kappa shape index (κ3) is 2.16. The Morgan fingerprint density at radius 2 is 1.63 bits per heavy atom. The van der Waals surface area contributed by atoms with Crippen LogP contribution >= 0.6 is 0 Å². The SMILES string of the molecule is O=C1c2ccccc2-c2c(-c3cc4c5c(cccc5n3)C=C4)[c-]ccc21.[Ir]. The molecule has 6 rings (SSSR count). The Morgan fingerprint density at radius 3 is 2.52 bits per heavy atom. The third-order valence-electron chi connectivity index (χ3n) is 5.28. The van der Waals surface area contributed by atoms with Gasteiger partial charge in [-0.05, 0) is 28.5 Å². The van der Waals surface area contributed by atoms with E-state index in [0.29, 0.717) is 0 Å². The number of carbonyl (C=O) groups is 1. The van der Waals surface area contributed by atoms with E-state index < -0.39 is 0 Å². The Morgan fingerprint density at radius 1 is 0.815 bits per heavy atom. The van der Waals surface area contributed by atoms with Gasteiger partial charge in [-0.15, -0.1) is 23.8 Å². The summed E-state index contributed by atoms with van der Waals surface area (Å²) in [6, 6.07) is 23.1. The van der Waals surface area contributed by atoms with Crippen LogP contribution in [0.15, 0.2) is 60.7 Å². The fraction of sp³-hybridized carbons (Fsp3) is 0. The van der Waals surface area contributed by atoms with Crippen molar-refractivity contribution in [3.63, 3.8) is 0 Å². The number of pyridine rings is 1. The van der Waals surface area contributed by atoms with Gasteiger partial charge in [0.15, 0.2) is 5.78 Å². The molecule has 0 saturated carbocycles. The first-order chi connectivity index (χ1) is 12.8. The zero-order chi connectivity index (χ0) is 17.3. The molecule has 0 N–H and O–H groups in total. The van der Waals surface area contributed by atoms with E-state index in [1.807, 2.05) is 48.5 Å². The third-order valence-corrected chi connectivity index (χ3v) is 5.28. The minimum atomic E-state index is 0. The molecule has 0 amide bonds. The number of ketones is 1. The van der Waals surface area contributed by atoms with Crippen molar-refractivity contribution in [1.82, 2.24) is 4.98 Å². The van der Waals surface area contributed by atoms with Crippen molar-refractivity contribution in [3.05, 3.63) is 89.0 Å². The average molecular weight is 523 g/mol. The molecule has 0 atom stereocenters. The van der Waals surface area contributed by atoms with Crippen LogP contribution in [0.1, 0.15) is 27.0 Å². The molecule has 1 radical (unpaired) electrons. The Hall–Kier alpha value is -2.87. The molecule has 3 heteroatoms. The molecule has 0 unspecified atom stereocenters. The summed E-state index contributed by atoms with van der Waals surface area (Å²) in [5.41, 5.74) is 8.53. The number of aromatic nitrogens is 1. The van der Waals surface area contributed by atoms with Crippen LogP contribution in [0, 0.1) is 6.07 Å². The van der Waals surface area contributed by atoms with E-state index in [0.717, 1.165) is 39.0 Å². The molecule has 1 heterocycles. The van der Waals surface area contributed by atoms with Gasteiger partial charge < -0.3 is 0 Å². The smallest absolute Gasteiger partial charge is 0.175 e. The number of hydrogen-bond donors (Lipinski definition) is 0. The molecule has 0 bridgehead atoms. The van der Waals surface area contributed by atoms with Crippen molar-refractivity contribution in [2.45, 2.75) is 0 Å². The maximum Gasteiger partial charge on any atom is 0.175 e. The minimum Gasteiger partial charge on any atom is -0.296 e. The van der Waals surface area contributed by atoms with Crippen LogP contribution in [0.2, 0.25) is 0 Å². The Bertz CT molecular complexity index is 1300. The molecule has 2 aliphatic rings. The second kappa shape index (κ2) is 5.82. The molecule has 2 aliphatic carbocycles. The summed E-state index contributed by atoms with van der Waals surface area (Å²) in [5.74, 6) is 0.0818. The van der Waals surface area contributed by atoms with E-state index in [1.165, 1.54) is 16.5 Å². The molecule has 1 aromatic heterocycles. The van der Waals surface area contributed by atoms with Crippen LogP contribution < -0.4 is 0 Å². The molecular weight excluding hydrogens is 510 g/mol. The maximum absolute atomic E-state index is 12.8. The summed E-state index contributed by atoms with van der Waals surface area (Å²) < 4.78 is 0. The Labute approximate surface area is 169 Å². The number of carbonyl (C=O) groups excluding carboxylic acids is 1.